The van der Waals surface area contributed by atoms with Crippen molar-refractivity contribution in [1.29, 1.82) is 0 Å². The number of carboxylic acid groups (broad SMARTS) is 1. The third-order valence-corrected chi connectivity index (χ3v) is 2.24. The van der Waals surface area contributed by atoms with Gasteiger partial charge in [-0.1, -0.05) is 6.92 Å². The maximum absolute atomic E-state index is 11.7. The van der Waals surface area contributed by atoms with Crippen LogP contribution in [0.2, 0.25) is 0 Å². The maximum atomic E-state index is 11.7. The second-order valence-corrected chi connectivity index (χ2v) is 3.36. The minimum atomic E-state index is -1.04. The fourth-order valence-electron chi connectivity index (χ4n) is 1.17. The second-order valence-electron chi connectivity index (χ2n) is 3.36. The second kappa shape index (κ2) is 5.24. The van der Waals surface area contributed by atoms with E-state index in [-0.39, 0.29) is 5.91 Å². The van der Waals surface area contributed by atoms with Crippen LogP contribution in [-0.2, 0) is 9.59 Å². The number of hydrogen-bond donors (Lipinski definition) is 2. The quantitative estimate of drug-likeness (QED) is 0.725. The van der Waals surface area contributed by atoms with Crippen LogP contribution >= 0.6 is 0 Å². The van der Waals surface area contributed by atoms with Gasteiger partial charge in [-0.3, -0.25) is 4.79 Å². The van der Waals surface area contributed by atoms with Crippen LogP contribution in [0, 0.1) is 0 Å². The lowest BCUT2D eigenvalue weighted by molar-refractivity contribution is -0.142. The highest BCUT2D eigenvalue weighted by Gasteiger charge is 2.22. The first-order valence-corrected chi connectivity index (χ1v) is 4.93. The number of carboxylic acids is 1. The van der Waals surface area contributed by atoms with E-state index < -0.39 is 18.1 Å². The van der Waals surface area contributed by atoms with Gasteiger partial charge in [0.2, 0.25) is 5.91 Å². The molecular weight excluding hydrogens is 212 g/mol. The number of aliphatic carboxylic acids is 1. The average Bonchev–Trinajstić information content (AvgIpc) is 2.77. The molecular formula is C9H14N4O3. The molecule has 1 rings (SSSR count). The number of carbonyl (C=O) groups excluding carboxylic acids is 1. The van der Waals surface area contributed by atoms with Crippen LogP contribution in [0.3, 0.4) is 0 Å². The highest BCUT2D eigenvalue weighted by atomic mass is 16.4. The number of carbonyl (C=O) groups is 2. The van der Waals surface area contributed by atoms with Crippen LogP contribution in [0.4, 0.5) is 0 Å². The largest absolute Gasteiger partial charge is 0.480 e. The number of hydrogen-bond acceptors (Lipinski definition) is 4. The van der Waals surface area contributed by atoms with E-state index >= 15 is 0 Å². The Morgan fingerprint density at radius 1 is 1.56 bits per heavy atom. The van der Waals surface area contributed by atoms with Gasteiger partial charge in [0.25, 0.3) is 0 Å². The molecule has 88 valence electrons. The molecule has 0 aliphatic carbocycles. The average molecular weight is 226 g/mol. The molecule has 2 atom stereocenters. The number of aromatic nitrogens is 3. The van der Waals surface area contributed by atoms with Crippen LogP contribution in [-0.4, -0.2) is 37.8 Å². The lowest BCUT2D eigenvalue weighted by Crippen LogP contribution is -2.43. The van der Waals surface area contributed by atoms with Crippen molar-refractivity contribution in [2.75, 3.05) is 0 Å². The van der Waals surface area contributed by atoms with Gasteiger partial charge in [0.05, 0.1) is 0 Å². The number of nitrogens with one attached hydrogen (secondary N) is 1. The summed E-state index contributed by atoms with van der Waals surface area (Å²) in [7, 11) is 0. The summed E-state index contributed by atoms with van der Waals surface area (Å²) in [5, 5.41) is 15.0. The van der Waals surface area contributed by atoms with Crippen molar-refractivity contribution in [3.05, 3.63) is 12.7 Å². The Labute approximate surface area is 92.5 Å². The van der Waals surface area contributed by atoms with Crippen molar-refractivity contribution in [2.24, 2.45) is 0 Å². The topological polar surface area (TPSA) is 97.1 Å². The molecule has 0 bridgehead atoms. The van der Waals surface area contributed by atoms with Crippen molar-refractivity contribution in [2.45, 2.75) is 32.4 Å². The zero-order valence-corrected chi connectivity index (χ0v) is 9.12. The molecule has 1 unspecified atom stereocenters. The Hall–Kier alpha value is -1.92. The van der Waals surface area contributed by atoms with Crippen molar-refractivity contribution >= 4 is 11.9 Å². The van der Waals surface area contributed by atoms with Gasteiger partial charge in [-0.25, -0.2) is 14.5 Å². The molecule has 1 aromatic rings. The van der Waals surface area contributed by atoms with Gasteiger partial charge in [0.15, 0.2) is 0 Å². The summed E-state index contributed by atoms with van der Waals surface area (Å²) in [5.41, 5.74) is 0. The first-order valence-electron chi connectivity index (χ1n) is 4.93. The SMILES string of the molecule is CC[C@H](NC(=O)C(C)n1cncn1)C(=O)O. The molecule has 0 radical (unpaired) electrons. The predicted molar refractivity (Wildman–Crippen MR) is 54.6 cm³/mol. The minimum Gasteiger partial charge on any atom is -0.480 e. The molecule has 0 aromatic carbocycles. The Morgan fingerprint density at radius 2 is 2.25 bits per heavy atom. The third kappa shape index (κ3) is 2.78. The smallest absolute Gasteiger partial charge is 0.326 e. The lowest BCUT2D eigenvalue weighted by atomic mass is 10.2. The fraction of sp³-hybridized carbons (Fsp3) is 0.556. The van der Waals surface area contributed by atoms with E-state index in [4.69, 9.17) is 5.11 Å². The minimum absolute atomic E-state index is 0.338. The van der Waals surface area contributed by atoms with Gasteiger partial charge >= 0.3 is 5.97 Å². The van der Waals surface area contributed by atoms with Crippen LogP contribution in [0.25, 0.3) is 0 Å². The summed E-state index contributed by atoms with van der Waals surface area (Å²) in [4.78, 5) is 26.1. The van der Waals surface area contributed by atoms with Gasteiger partial charge in [-0.05, 0) is 13.3 Å². The van der Waals surface area contributed by atoms with E-state index in [1.165, 1.54) is 17.3 Å². The highest BCUT2D eigenvalue weighted by Crippen LogP contribution is 2.03. The molecule has 0 fully saturated rings. The Kier molecular flexibility index (Phi) is 3.98. The number of rotatable bonds is 5. The zero-order chi connectivity index (χ0) is 12.1. The van der Waals surface area contributed by atoms with Gasteiger partial charge in [0.1, 0.15) is 24.7 Å². The van der Waals surface area contributed by atoms with Crippen molar-refractivity contribution < 1.29 is 14.7 Å². The van der Waals surface area contributed by atoms with Gasteiger partial charge < -0.3 is 10.4 Å². The van der Waals surface area contributed by atoms with E-state index in [2.05, 4.69) is 15.4 Å². The summed E-state index contributed by atoms with van der Waals surface area (Å²) in [6.07, 6.45) is 3.06. The molecule has 1 amide bonds. The summed E-state index contributed by atoms with van der Waals surface area (Å²) < 4.78 is 1.36. The normalized spacial score (nSPS) is 14.1. The fourth-order valence-corrected chi connectivity index (χ4v) is 1.17. The van der Waals surface area contributed by atoms with Gasteiger partial charge in [-0.15, -0.1) is 0 Å². The van der Waals surface area contributed by atoms with E-state index in [1.807, 2.05) is 0 Å². The Bertz CT molecular complexity index is 363. The summed E-state index contributed by atoms with van der Waals surface area (Å²) >= 11 is 0. The maximum Gasteiger partial charge on any atom is 0.326 e. The monoisotopic (exact) mass is 226 g/mol. The predicted octanol–water partition coefficient (Wildman–Crippen LogP) is -0.182. The molecule has 0 saturated heterocycles. The van der Waals surface area contributed by atoms with Gasteiger partial charge in [0, 0.05) is 0 Å². The van der Waals surface area contributed by atoms with Crippen molar-refractivity contribution in [1.82, 2.24) is 20.1 Å². The number of nitrogens with zero attached hydrogens (tertiary/aromatic N) is 3. The molecule has 16 heavy (non-hydrogen) atoms. The lowest BCUT2D eigenvalue weighted by Gasteiger charge is -2.16. The van der Waals surface area contributed by atoms with Crippen LogP contribution in [0.5, 0.6) is 0 Å². The first-order chi connectivity index (χ1) is 7.56. The highest BCUT2D eigenvalue weighted by molar-refractivity contribution is 5.85. The van der Waals surface area contributed by atoms with E-state index in [1.54, 1.807) is 13.8 Å². The molecule has 0 aliphatic rings. The molecule has 1 aromatic heterocycles. The van der Waals surface area contributed by atoms with Crippen molar-refractivity contribution in [3.8, 4) is 0 Å². The molecule has 7 heteroatoms. The van der Waals surface area contributed by atoms with Gasteiger partial charge in [-0.2, -0.15) is 5.10 Å². The summed E-state index contributed by atoms with van der Waals surface area (Å²) in [6, 6.07) is -1.44. The van der Waals surface area contributed by atoms with Crippen LogP contribution in [0.15, 0.2) is 12.7 Å². The van der Waals surface area contributed by atoms with Crippen LogP contribution in [0.1, 0.15) is 26.3 Å². The van der Waals surface area contributed by atoms with Crippen molar-refractivity contribution in [3.63, 3.8) is 0 Å². The number of amides is 1. The molecule has 0 spiro atoms. The Morgan fingerprint density at radius 3 is 2.69 bits per heavy atom. The van der Waals surface area contributed by atoms with E-state index in [0.29, 0.717) is 6.42 Å². The molecule has 7 nitrogen and oxygen atoms in total. The molecule has 0 saturated carbocycles. The first kappa shape index (κ1) is 12.2. The molecule has 0 aliphatic heterocycles. The zero-order valence-electron chi connectivity index (χ0n) is 9.12. The summed E-state index contributed by atoms with van der Waals surface area (Å²) in [5.74, 6) is -1.43. The van der Waals surface area contributed by atoms with E-state index in [9.17, 15) is 9.59 Å². The third-order valence-electron chi connectivity index (χ3n) is 2.24. The Balaban J connectivity index is 2.61. The molecule has 1 heterocycles. The molecule has 2 N–H and O–H groups in total. The summed E-state index contributed by atoms with van der Waals surface area (Å²) in [6.45, 7) is 3.32. The van der Waals surface area contributed by atoms with Crippen LogP contribution < -0.4 is 5.32 Å². The standard InChI is InChI=1S/C9H14N4O3/c1-3-7(9(15)16)12-8(14)6(2)13-5-10-4-11-13/h4-7H,3H2,1-2H3,(H,12,14)(H,15,16)/t6?,7-/m0/s1. The van der Waals surface area contributed by atoms with E-state index in [0.717, 1.165) is 0 Å².